The van der Waals surface area contributed by atoms with Gasteiger partial charge in [0.25, 0.3) is 0 Å². The highest BCUT2D eigenvalue weighted by molar-refractivity contribution is 7.89. The number of nitrogens with one attached hydrogen (secondary N) is 1. The van der Waals surface area contributed by atoms with Crippen molar-refractivity contribution in [3.63, 3.8) is 0 Å². The van der Waals surface area contributed by atoms with Gasteiger partial charge in [-0.3, -0.25) is 4.68 Å². The van der Waals surface area contributed by atoms with E-state index in [0.717, 1.165) is 0 Å². The number of hydrogen-bond donors (Lipinski definition) is 1. The first kappa shape index (κ1) is 13.6. The van der Waals surface area contributed by atoms with E-state index >= 15 is 0 Å². The molecule has 0 atom stereocenters. The molecule has 0 aliphatic carbocycles. The fourth-order valence-corrected chi connectivity index (χ4v) is 3.24. The molecule has 19 heavy (non-hydrogen) atoms. The van der Waals surface area contributed by atoms with Crippen molar-refractivity contribution >= 4 is 10.0 Å². The summed E-state index contributed by atoms with van der Waals surface area (Å²) < 4.78 is 28.5. The number of aromatic nitrogens is 4. The number of sulfonamides is 1. The first-order valence-corrected chi connectivity index (χ1v) is 7.16. The summed E-state index contributed by atoms with van der Waals surface area (Å²) in [6.45, 7) is 3.49. The maximum atomic E-state index is 12.2. The molecule has 0 aromatic carbocycles. The summed E-state index contributed by atoms with van der Waals surface area (Å²) in [5, 5.41) is 11.6. The quantitative estimate of drug-likeness (QED) is 0.871. The van der Waals surface area contributed by atoms with Crippen LogP contribution in [-0.4, -0.2) is 28.4 Å². The minimum Gasteiger partial charge on any atom is -0.271 e. The van der Waals surface area contributed by atoms with Crippen LogP contribution >= 0.6 is 0 Å². The molecule has 0 spiro atoms. The maximum absolute atomic E-state index is 12.2. The summed E-state index contributed by atoms with van der Waals surface area (Å²) in [6, 6.07) is 3.41. The van der Waals surface area contributed by atoms with E-state index in [2.05, 4.69) is 20.0 Å². The van der Waals surface area contributed by atoms with Crippen molar-refractivity contribution in [2.24, 2.45) is 7.05 Å². The molecule has 0 aliphatic rings. The molecule has 2 aromatic rings. The lowest BCUT2D eigenvalue weighted by Crippen LogP contribution is -2.25. The molecule has 0 amide bonds. The Labute approximate surface area is 111 Å². The molecule has 102 valence electrons. The van der Waals surface area contributed by atoms with E-state index in [4.69, 9.17) is 0 Å². The van der Waals surface area contributed by atoms with Crippen LogP contribution in [0.2, 0.25) is 0 Å². The van der Waals surface area contributed by atoms with Gasteiger partial charge >= 0.3 is 0 Å². The van der Waals surface area contributed by atoms with E-state index in [1.54, 1.807) is 37.7 Å². The summed E-state index contributed by atoms with van der Waals surface area (Å²) in [5.41, 5.74) is 1.64. The largest absolute Gasteiger partial charge is 0.271 e. The molecule has 0 saturated carbocycles. The molecule has 7 nitrogen and oxygen atoms in total. The van der Waals surface area contributed by atoms with Gasteiger partial charge in [-0.2, -0.15) is 15.3 Å². The SMILES string of the molecule is Cc1nn(C)c(C)c1S(=O)(=O)NCc1cccnn1. The molecule has 2 heterocycles. The Balaban J connectivity index is 2.24. The van der Waals surface area contributed by atoms with Crippen molar-refractivity contribution in [3.05, 3.63) is 35.4 Å². The van der Waals surface area contributed by atoms with Gasteiger partial charge in [0, 0.05) is 13.2 Å². The van der Waals surface area contributed by atoms with Gasteiger partial charge in [0.2, 0.25) is 10.0 Å². The van der Waals surface area contributed by atoms with Crippen LogP contribution in [0.3, 0.4) is 0 Å². The Kier molecular flexibility index (Phi) is 3.63. The second kappa shape index (κ2) is 5.06. The standard InChI is InChI=1S/C11H15N5O2S/c1-8-11(9(2)16(3)15-8)19(17,18)13-7-10-5-4-6-12-14-10/h4-6,13H,7H2,1-3H3. The molecule has 8 heteroatoms. The highest BCUT2D eigenvalue weighted by Crippen LogP contribution is 2.18. The van der Waals surface area contributed by atoms with Crippen LogP contribution in [0.5, 0.6) is 0 Å². The molecule has 0 unspecified atom stereocenters. The summed E-state index contributed by atoms with van der Waals surface area (Å²) in [7, 11) is -1.89. The van der Waals surface area contributed by atoms with Gasteiger partial charge in [-0.05, 0) is 26.0 Å². The van der Waals surface area contributed by atoms with Crippen molar-refractivity contribution in [2.45, 2.75) is 25.3 Å². The summed E-state index contributed by atoms with van der Waals surface area (Å²) in [6.07, 6.45) is 1.54. The van der Waals surface area contributed by atoms with Gasteiger partial charge in [0.05, 0.1) is 23.6 Å². The third-order valence-electron chi connectivity index (χ3n) is 2.78. The van der Waals surface area contributed by atoms with E-state index in [1.165, 1.54) is 6.20 Å². The molecule has 2 rings (SSSR count). The third-order valence-corrected chi connectivity index (χ3v) is 4.43. The number of rotatable bonds is 4. The van der Waals surface area contributed by atoms with Gasteiger partial charge in [0.15, 0.2) is 0 Å². The smallest absolute Gasteiger partial charge is 0.244 e. The first-order chi connectivity index (χ1) is 8.92. The van der Waals surface area contributed by atoms with Gasteiger partial charge in [-0.1, -0.05) is 0 Å². The van der Waals surface area contributed by atoms with Crippen molar-refractivity contribution < 1.29 is 8.42 Å². The van der Waals surface area contributed by atoms with Gasteiger partial charge in [0.1, 0.15) is 4.90 Å². The zero-order valence-electron chi connectivity index (χ0n) is 11.0. The van der Waals surface area contributed by atoms with E-state index in [1.807, 2.05) is 0 Å². The van der Waals surface area contributed by atoms with Gasteiger partial charge in [-0.25, -0.2) is 13.1 Å². The van der Waals surface area contributed by atoms with E-state index in [0.29, 0.717) is 17.1 Å². The number of nitrogens with zero attached hydrogens (tertiary/aromatic N) is 4. The van der Waals surface area contributed by atoms with Crippen molar-refractivity contribution in [1.29, 1.82) is 0 Å². The molecule has 0 bridgehead atoms. The monoisotopic (exact) mass is 281 g/mol. The van der Waals surface area contributed by atoms with Crippen molar-refractivity contribution in [2.75, 3.05) is 0 Å². The highest BCUT2D eigenvalue weighted by atomic mass is 32.2. The zero-order valence-corrected chi connectivity index (χ0v) is 11.8. The van der Waals surface area contributed by atoms with Crippen LogP contribution in [0.4, 0.5) is 0 Å². The van der Waals surface area contributed by atoms with Gasteiger partial charge < -0.3 is 0 Å². The van der Waals surface area contributed by atoms with Crippen LogP contribution in [0.1, 0.15) is 17.1 Å². The fourth-order valence-electron chi connectivity index (χ4n) is 1.81. The van der Waals surface area contributed by atoms with E-state index < -0.39 is 10.0 Å². The second-order valence-electron chi connectivity index (χ2n) is 4.16. The van der Waals surface area contributed by atoms with Gasteiger partial charge in [-0.15, -0.1) is 0 Å². The average molecular weight is 281 g/mol. The van der Waals surface area contributed by atoms with Crippen LogP contribution in [0.15, 0.2) is 23.2 Å². The number of aryl methyl sites for hydroxylation is 2. The predicted octanol–water partition coefficient (Wildman–Crippen LogP) is 0.305. The molecule has 2 aromatic heterocycles. The Hall–Kier alpha value is -1.80. The Morgan fingerprint density at radius 3 is 2.63 bits per heavy atom. The highest BCUT2D eigenvalue weighted by Gasteiger charge is 2.23. The molecule has 0 aliphatic heterocycles. The third kappa shape index (κ3) is 2.79. The fraction of sp³-hybridized carbons (Fsp3) is 0.364. The van der Waals surface area contributed by atoms with Crippen LogP contribution in [-0.2, 0) is 23.6 Å². The zero-order chi connectivity index (χ0) is 14.0. The molecule has 0 radical (unpaired) electrons. The van der Waals surface area contributed by atoms with Crippen molar-refractivity contribution in [1.82, 2.24) is 24.7 Å². The van der Waals surface area contributed by atoms with Crippen molar-refractivity contribution in [3.8, 4) is 0 Å². The molecular formula is C11H15N5O2S. The minimum absolute atomic E-state index is 0.101. The summed E-state index contributed by atoms with van der Waals surface area (Å²) in [4.78, 5) is 0.221. The lowest BCUT2D eigenvalue weighted by molar-refractivity contribution is 0.578. The normalized spacial score (nSPS) is 11.7. The molecular weight excluding hydrogens is 266 g/mol. The lowest BCUT2D eigenvalue weighted by atomic mass is 10.4. The van der Waals surface area contributed by atoms with Crippen LogP contribution < -0.4 is 4.72 Å². The second-order valence-corrected chi connectivity index (χ2v) is 5.87. The first-order valence-electron chi connectivity index (χ1n) is 5.68. The topological polar surface area (TPSA) is 89.8 Å². The van der Waals surface area contributed by atoms with E-state index in [9.17, 15) is 8.42 Å². The predicted molar refractivity (Wildman–Crippen MR) is 68.7 cm³/mol. The minimum atomic E-state index is -3.60. The van der Waals surface area contributed by atoms with Crippen LogP contribution in [0, 0.1) is 13.8 Å². The average Bonchev–Trinajstić information content (AvgIpc) is 2.63. The molecule has 1 N–H and O–H groups in total. The summed E-state index contributed by atoms with van der Waals surface area (Å²) >= 11 is 0. The molecule has 0 fully saturated rings. The molecule has 0 saturated heterocycles. The Morgan fingerprint density at radius 1 is 1.37 bits per heavy atom. The lowest BCUT2D eigenvalue weighted by Gasteiger charge is -2.06. The Bertz CT molecular complexity index is 679. The van der Waals surface area contributed by atoms with E-state index in [-0.39, 0.29) is 11.4 Å². The summed E-state index contributed by atoms with van der Waals surface area (Å²) in [5.74, 6) is 0. The maximum Gasteiger partial charge on any atom is 0.244 e. The number of hydrogen-bond acceptors (Lipinski definition) is 5. The van der Waals surface area contributed by atoms with Crippen LogP contribution in [0.25, 0.3) is 0 Å². The Morgan fingerprint density at radius 2 is 2.11 bits per heavy atom.